The molecule has 0 aliphatic heterocycles. The van der Waals surface area contributed by atoms with Crippen LogP contribution >= 0.6 is 11.6 Å². The van der Waals surface area contributed by atoms with Crippen molar-refractivity contribution in [1.29, 1.82) is 0 Å². The third-order valence-corrected chi connectivity index (χ3v) is 2.97. The molecule has 0 aliphatic rings. The predicted octanol–water partition coefficient (Wildman–Crippen LogP) is 3.56. The van der Waals surface area contributed by atoms with Crippen molar-refractivity contribution >= 4 is 28.9 Å². The Kier molecular flexibility index (Phi) is 4.10. The minimum absolute atomic E-state index is 0.0616. The van der Waals surface area contributed by atoms with Crippen LogP contribution in [-0.4, -0.2) is 16.2 Å². The van der Waals surface area contributed by atoms with E-state index < -0.39 is 11.8 Å². The van der Waals surface area contributed by atoms with Gasteiger partial charge in [-0.15, -0.1) is 0 Å². The summed E-state index contributed by atoms with van der Waals surface area (Å²) in [6, 6.07) is 8.39. The summed E-state index contributed by atoms with van der Waals surface area (Å²) in [6.45, 7) is 0. The number of aromatic hydroxyl groups is 1. The number of aliphatic carboxylic acids is 1. The molecule has 0 aliphatic carbocycles. The van der Waals surface area contributed by atoms with Gasteiger partial charge in [0.2, 0.25) is 0 Å². The third-order valence-electron chi connectivity index (χ3n) is 2.65. The van der Waals surface area contributed by atoms with E-state index in [9.17, 15) is 14.3 Å². The number of carbonyl (C=O) groups is 1. The molecule has 2 rings (SSSR count). The fourth-order valence-corrected chi connectivity index (χ4v) is 1.97. The van der Waals surface area contributed by atoms with E-state index in [1.807, 2.05) is 0 Å². The summed E-state index contributed by atoms with van der Waals surface area (Å²) in [4.78, 5) is 10.8. The molecular weight excluding hydrogens is 285 g/mol. The van der Waals surface area contributed by atoms with Gasteiger partial charge >= 0.3 is 5.97 Å². The van der Waals surface area contributed by atoms with Gasteiger partial charge < -0.3 is 15.5 Å². The van der Waals surface area contributed by atoms with Gasteiger partial charge in [-0.25, -0.2) is 4.39 Å². The Bertz CT molecular complexity index is 641. The first kappa shape index (κ1) is 14.1. The molecule has 20 heavy (non-hydrogen) atoms. The quantitative estimate of drug-likeness (QED) is 0.754. The standard InChI is InChI=1S/C14H11ClFNO3/c15-10-2-1-3-11(16)14(10)17-12-5-4-9(18)6-8(12)7-13(19)20/h1-6,17-18H,7H2,(H,19,20). The topological polar surface area (TPSA) is 69.6 Å². The first-order chi connectivity index (χ1) is 9.47. The van der Waals surface area contributed by atoms with Crippen LogP contribution in [0.25, 0.3) is 0 Å². The summed E-state index contributed by atoms with van der Waals surface area (Å²) < 4.78 is 13.7. The predicted molar refractivity (Wildman–Crippen MR) is 74.1 cm³/mol. The zero-order valence-corrected chi connectivity index (χ0v) is 11.0. The van der Waals surface area contributed by atoms with Crippen LogP contribution in [0, 0.1) is 5.82 Å². The van der Waals surface area contributed by atoms with Crippen LogP contribution in [0.1, 0.15) is 5.56 Å². The fourth-order valence-electron chi connectivity index (χ4n) is 1.76. The van der Waals surface area contributed by atoms with Gasteiger partial charge in [-0.3, -0.25) is 4.79 Å². The monoisotopic (exact) mass is 295 g/mol. The Morgan fingerprint density at radius 2 is 2.05 bits per heavy atom. The second kappa shape index (κ2) is 5.79. The average molecular weight is 296 g/mol. The highest BCUT2D eigenvalue weighted by Gasteiger charge is 2.12. The molecule has 2 aromatic carbocycles. The van der Waals surface area contributed by atoms with Crippen LogP contribution in [0.4, 0.5) is 15.8 Å². The summed E-state index contributed by atoms with van der Waals surface area (Å²) in [7, 11) is 0. The SMILES string of the molecule is O=C(O)Cc1cc(O)ccc1Nc1c(F)cccc1Cl. The van der Waals surface area contributed by atoms with Crippen molar-refractivity contribution in [3.63, 3.8) is 0 Å². The summed E-state index contributed by atoms with van der Waals surface area (Å²) in [5, 5.41) is 21.2. The van der Waals surface area contributed by atoms with Gasteiger partial charge in [0.05, 0.1) is 17.1 Å². The maximum absolute atomic E-state index is 13.7. The molecule has 0 aromatic heterocycles. The molecule has 104 valence electrons. The molecule has 6 heteroatoms. The number of hydrogen-bond acceptors (Lipinski definition) is 3. The van der Waals surface area contributed by atoms with Crippen molar-refractivity contribution < 1.29 is 19.4 Å². The second-order valence-electron chi connectivity index (χ2n) is 4.13. The van der Waals surface area contributed by atoms with Crippen molar-refractivity contribution in [1.82, 2.24) is 0 Å². The first-order valence-corrected chi connectivity index (χ1v) is 6.10. The van der Waals surface area contributed by atoms with Gasteiger partial charge in [0, 0.05) is 5.69 Å². The van der Waals surface area contributed by atoms with E-state index in [2.05, 4.69) is 5.32 Å². The van der Waals surface area contributed by atoms with E-state index in [4.69, 9.17) is 16.7 Å². The molecule has 0 bridgehead atoms. The maximum Gasteiger partial charge on any atom is 0.307 e. The van der Waals surface area contributed by atoms with E-state index in [1.54, 1.807) is 0 Å². The first-order valence-electron chi connectivity index (χ1n) is 5.72. The zero-order valence-electron chi connectivity index (χ0n) is 10.2. The molecule has 0 atom stereocenters. The number of benzene rings is 2. The average Bonchev–Trinajstić information content (AvgIpc) is 2.35. The highest BCUT2D eigenvalue weighted by molar-refractivity contribution is 6.33. The number of phenolic OH excluding ortho intramolecular Hbond substituents is 1. The van der Waals surface area contributed by atoms with Crippen molar-refractivity contribution in [2.45, 2.75) is 6.42 Å². The Morgan fingerprint density at radius 3 is 2.70 bits per heavy atom. The minimum atomic E-state index is -1.06. The van der Waals surface area contributed by atoms with Crippen molar-refractivity contribution in [3.8, 4) is 5.75 Å². The van der Waals surface area contributed by atoms with Gasteiger partial charge in [0.15, 0.2) is 0 Å². The van der Waals surface area contributed by atoms with Crippen LogP contribution < -0.4 is 5.32 Å². The number of nitrogens with one attached hydrogen (secondary N) is 1. The largest absolute Gasteiger partial charge is 0.508 e. The Hall–Kier alpha value is -2.27. The third kappa shape index (κ3) is 3.19. The zero-order chi connectivity index (χ0) is 14.7. The van der Waals surface area contributed by atoms with Crippen LogP contribution in [0.5, 0.6) is 5.75 Å². The van der Waals surface area contributed by atoms with E-state index >= 15 is 0 Å². The summed E-state index contributed by atoms with van der Waals surface area (Å²) in [6.07, 6.45) is -0.303. The Balaban J connectivity index is 2.40. The normalized spacial score (nSPS) is 10.3. The van der Waals surface area contributed by atoms with Crippen LogP contribution in [0.3, 0.4) is 0 Å². The van der Waals surface area contributed by atoms with Gasteiger partial charge in [-0.1, -0.05) is 17.7 Å². The summed E-state index contributed by atoms with van der Waals surface area (Å²) in [5.41, 5.74) is 0.764. The highest BCUT2D eigenvalue weighted by Crippen LogP contribution is 2.31. The molecule has 2 aromatic rings. The smallest absolute Gasteiger partial charge is 0.307 e. The molecule has 0 unspecified atom stereocenters. The summed E-state index contributed by atoms with van der Waals surface area (Å²) >= 11 is 5.90. The molecule has 4 nitrogen and oxygen atoms in total. The number of rotatable bonds is 4. The lowest BCUT2D eigenvalue weighted by Gasteiger charge is -2.13. The summed E-state index contributed by atoms with van der Waals surface area (Å²) in [5.74, 6) is -1.67. The molecule has 0 heterocycles. The molecule has 0 saturated carbocycles. The number of anilines is 2. The van der Waals surface area contributed by atoms with Crippen LogP contribution in [0.15, 0.2) is 36.4 Å². The molecule has 3 N–H and O–H groups in total. The van der Waals surface area contributed by atoms with Crippen LogP contribution in [0.2, 0.25) is 5.02 Å². The number of halogens is 2. The number of carboxylic acids is 1. The molecule has 0 spiro atoms. The highest BCUT2D eigenvalue weighted by atomic mass is 35.5. The maximum atomic E-state index is 13.7. The lowest BCUT2D eigenvalue weighted by atomic mass is 10.1. The lowest BCUT2D eigenvalue weighted by molar-refractivity contribution is -0.136. The number of phenols is 1. The van der Waals surface area contributed by atoms with Gasteiger partial charge in [-0.2, -0.15) is 0 Å². The molecular formula is C14H11ClFNO3. The lowest BCUT2D eigenvalue weighted by Crippen LogP contribution is -2.04. The van der Waals surface area contributed by atoms with Crippen molar-refractivity contribution in [2.24, 2.45) is 0 Å². The Labute approximate surface area is 119 Å². The minimum Gasteiger partial charge on any atom is -0.508 e. The number of carboxylic acid groups (broad SMARTS) is 1. The van der Waals surface area contributed by atoms with Crippen molar-refractivity contribution in [2.75, 3.05) is 5.32 Å². The van der Waals surface area contributed by atoms with E-state index in [1.165, 1.54) is 36.4 Å². The molecule has 0 amide bonds. The number of hydrogen-bond donors (Lipinski definition) is 3. The second-order valence-corrected chi connectivity index (χ2v) is 4.54. The van der Waals surface area contributed by atoms with E-state index in [0.29, 0.717) is 11.3 Å². The molecule has 0 radical (unpaired) electrons. The van der Waals surface area contributed by atoms with E-state index in [-0.39, 0.29) is 22.9 Å². The molecule has 0 saturated heterocycles. The van der Waals surface area contributed by atoms with E-state index in [0.717, 1.165) is 0 Å². The van der Waals surface area contributed by atoms with Gasteiger partial charge in [0.1, 0.15) is 11.6 Å². The van der Waals surface area contributed by atoms with Gasteiger partial charge in [-0.05, 0) is 35.9 Å². The fraction of sp³-hybridized carbons (Fsp3) is 0.0714. The molecule has 0 fully saturated rings. The Morgan fingerprint density at radius 1 is 1.30 bits per heavy atom. The van der Waals surface area contributed by atoms with Gasteiger partial charge in [0.25, 0.3) is 0 Å². The van der Waals surface area contributed by atoms with Crippen LogP contribution in [-0.2, 0) is 11.2 Å². The number of para-hydroxylation sites is 1. The van der Waals surface area contributed by atoms with Crippen molar-refractivity contribution in [3.05, 3.63) is 52.8 Å².